The number of ether oxygens (including phenoxy) is 1. The minimum Gasteiger partial charge on any atom is -0.497 e. The van der Waals surface area contributed by atoms with Gasteiger partial charge < -0.3 is 20.3 Å². The van der Waals surface area contributed by atoms with Crippen LogP contribution in [-0.2, 0) is 0 Å². The van der Waals surface area contributed by atoms with Crippen LogP contribution >= 0.6 is 0 Å². The number of carbonyl (C=O) groups is 1. The molecule has 1 aromatic rings. The van der Waals surface area contributed by atoms with Gasteiger partial charge in [0.25, 0.3) is 5.91 Å². The lowest BCUT2D eigenvalue weighted by Gasteiger charge is -2.21. The van der Waals surface area contributed by atoms with E-state index in [-0.39, 0.29) is 5.91 Å². The van der Waals surface area contributed by atoms with Crippen molar-refractivity contribution < 1.29 is 9.53 Å². The van der Waals surface area contributed by atoms with Crippen LogP contribution in [0.4, 0.5) is 0 Å². The van der Waals surface area contributed by atoms with Gasteiger partial charge in [0.2, 0.25) is 0 Å². The predicted octanol–water partition coefficient (Wildman–Crippen LogP) is 2.29. The largest absolute Gasteiger partial charge is 0.497 e. The van der Waals surface area contributed by atoms with Gasteiger partial charge in [0.05, 0.1) is 13.7 Å². The summed E-state index contributed by atoms with van der Waals surface area (Å²) in [5.74, 6) is 1.39. The van der Waals surface area contributed by atoms with Crippen LogP contribution in [0.15, 0.2) is 41.9 Å². The average molecular weight is 346 g/mol. The van der Waals surface area contributed by atoms with Crippen LogP contribution in [0.5, 0.6) is 5.75 Å². The average Bonchev–Trinajstić information content (AvgIpc) is 2.64. The second-order valence-corrected chi connectivity index (χ2v) is 5.58. The van der Waals surface area contributed by atoms with E-state index in [0.29, 0.717) is 24.4 Å². The number of aliphatic imine (C=N–C) groups is 1. The summed E-state index contributed by atoms with van der Waals surface area (Å²) in [4.78, 5) is 18.8. The molecule has 1 amide bonds. The Labute approximate surface area is 151 Å². The molecule has 25 heavy (non-hydrogen) atoms. The zero-order chi connectivity index (χ0) is 18.5. The first-order valence-corrected chi connectivity index (χ1v) is 8.65. The zero-order valence-corrected chi connectivity index (χ0v) is 15.5. The lowest BCUT2D eigenvalue weighted by atomic mass is 10.2. The number of guanidine groups is 1. The summed E-state index contributed by atoms with van der Waals surface area (Å²) in [5.41, 5.74) is 0.580. The molecule has 0 saturated carbocycles. The summed E-state index contributed by atoms with van der Waals surface area (Å²) in [6.07, 6.45) is 3.95. The van der Waals surface area contributed by atoms with Crippen molar-refractivity contribution in [2.75, 3.05) is 40.3 Å². The Bertz CT molecular complexity index is 572. The summed E-state index contributed by atoms with van der Waals surface area (Å²) in [7, 11) is 3.60. The molecule has 0 aromatic heterocycles. The maximum Gasteiger partial charge on any atom is 0.251 e. The van der Waals surface area contributed by atoms with E-state index in [2.05, 4.69) is 27.1 Å². The third-order valence-corrected chi connectivity index (χ3v) is 3.59. The van der Waals surface area contributed by atoms with Crippen molar-refractivity contribution in [3.05, 3.63) is 42.5 Å². The molecule has 1 aromatic carbocycles. The highest BCUT2D eigenvalue weighted by Gasteiger charge is 2.07. The molecule has 0 aliphatic heterocycles. The molecule has 0 atom stereocenters. The number of carbonyl (C=O) groups excluding carboxylic acids is 1. The Kier molecular flexibility index (Phi) is 9.82. The van der Waals surface area contributed by atoms with Crippen molar-refractivity contribution in [2.24, 2.45) is 4.99 Å². The lowest BCUT2D eigenvalue weighted by molar-refractivity contribution is 0.0954. The van der Waals surface area contributed by atoms with E-state index < -0.39 is 0 Å². The topological polar surface area (TPSA) is 66.0 Å². The number of unbranched alkanes of at least 4 members (excludes halogenated alkanes) is 1. The molecule has 2 N–H and O–H groups in total. The molecule has 0 aliphatic rings. The van der Waals surface area contributed by atoms with Gasteiger partial charge in [-0.1, -0.05) is 12.1 Å². The van der Waals surface area contributed by atoms with Crippen LogP contribution in [0, 0.1) is 0 Å². The third kappa shape index (κ3) is 7.74. The molecule has 0 heterocycles. The minimum absolute atomic E-state index is 0.126. The molecule has 0 unspecified atom stereocenters. The Balaban J connectivity index is 2.48. The zero-order valence-electron chi connectivity index (χ0n) is 15.5. The van der Waals surface area contributed by atoms with Gasteiger partial charge in [0.1, 0.15) is 5.75 Å². The first kappa shape index (κ1) is 20.5. The number of hydrogen-bond donors (Lipinski definition) is 2. The molecule has 0 bridgehead atoms. The van der Waals surface area contributed by atoms with Gasteiger partial charge in [0, 0.05) is 32.2 Å². The number of hydrogen-bond acceptors (Lipinski definition) is 3. The third-order valence-electron chi connectivity index (χ3n) is 3.59. The summed E-state index contributed by atoms with van der Waals surface area (Å²) >= 11 is 0. The maximum atomic E-state index is 12.1. The Morgan fingerprint density at radius 1 is 1.40 bits per heavy atom. The molecule has 0 aliphatic carbocycles. The van der Waals surface area contributed by atoms with Gasteiger partial charge >= 0.3 is 0 Å². The van der Waals surface area contributed by atoms with Crippen molar-refractivity contribution >= 4 is 11.9 Å². The van der Waals surface area contributed by atoms with Crippen LogP contribution in [-0.4, -0.2) is 57.1 Å². The first-order chi connectivity index (χ1) is 12.1. The van der Waals surface area contributed by atoms with Gasteiger partial charge in [-0.05, 0) is 38.0 Å². The Hall–Kier alpha value is -2.50. The fourth-order valence-electron chi connectivity index (χ4n) is 2.25. The molecule has 0 saturated heterocycles. The quantitative estimate of drug-likeness (QED) is 0.295. The maximum absolute atomic E-state index is 12.1. The van der Waals surface area contributed by atoms with Crippen LogP contribution in [0.3, 0.4) is 0 Å². The highest BCUT2D eigenvalue weighted by molar-refractivity contribution is 5.94. The number of benzene rings is 1. The molecular formula is C19H30N4O2. The highest BCUT2D eigenvalue weighted by Crippen LogP contribution is 2.12. The van der Waals surface area contributed by atoms with Crippen LogP contribution < -0.4 is 15.4 Å². The smallest absolute Gasteiger partial charge is 0.251 e. The van der Waals surface area contributed by atoms with Crippen molar-refractivity contribution in [3.63, 3.8) is 0 Å². The second kappa shape index (κ2) is 11.9. The predicted molar refractivity (Wildman–Crippen MR) is 103 cm³/mol. The van der Waals surface area contributed by atoms with Gasteiger partial charge in [-0.3, -0.25) is 9.79 Å². The molecule has 0 radical (unpaired) electrons. The summed E-state index contributed by atoms with van der Waals surface area (Å²) in [6.45, 7) is 8.49. The Morgan fingerprint density at radius 2 is 2.20 bits per heavy atom. The second-order valence-electron chi connectivity index (χ2n) is 5.58. The van der Waals surface area contributed by atoms with Crippen LogP contribution in [0.2, 0.25) is 0 Å². The lowest BCUT2D eigenvalue weighted by Crippen LogP contribution is -2.40. The number of allylic oxidation sites excluding steroid dienone is 1. The number of nitrogens with one attached hydrogen (secondary N) is 2. The van der Waals surface area contributed by atoms with E-state index in [9.17, 15) is 4.79 Å². The Morgan fingerprint density at radius 3 is 2.88 bits per heavy atom. The normalized spacial score (nSPS) is 10.9. The standard InChI is InChI=1S/C19H30N4O2/c1-5-7-8-14-23(3)19(20-6-2)22-13-12-21-18(24)16-10-9-11-17(15-16)25-4/h5,9-11,15H,1,6-8,12-14H2,2-4H3,(H,20,22)(H,21,24). The van der Waals surface area contributed by atoms with Crippen molar-refractivity contribution in [3.8, 4) is 5.75 Å². The minimum atomic E-state index is -0.126. The number of methoxy groups -OCH3 is 1. The highest BCUT2D eigenvalue weighted by atomic mass is 16.5. The first-order valence-electron chi connectivity index (χ1n) is 8.65. The fourth-order valence-corrected chi connectivity index (χ4v) is 2.25. The fraction of sp³-hybridized carbons (Fsp3) is 0.474. The molecule has 0 spiro atoms. The molecule has 6 nitrogen and oxygen atoms in total. The molecule has 0 fully saturated rings. The number of nitrogens with zero attached hydrogens (tertiary/aromatic N) is 2. The van der Waals surface area contributed by atoms with Gasteiger partial charge in [-0.2, -0.15) is 0 Å². The van der Waals surface area contributed by atoms with Crippen molar-refractivity contribution in [2.45, 2.75) is 19.8 Å². The molecular weight excluding hydrogens is 316 g/mol. The van der Waals surface area contributed by atoms with Crippen molar-refractivity contribution in [1.29, 1.82) is 0 Å². The van der Waals surface area contributed by atoms with Gasteiger partial charge in [-0.15, -0.1) is 6.58 Å². The SMILES string of the molecule is C=CCCCN(C)C(=NCCNC(=O)c1cccc(OC)c1)NCC. The van der Waals surface area contributed by atoms with E-state index in [1.165, 1.54) is 0 Å². The van der Waals surface area contributed by atoms with Gasteiger partial charge in [-0.25, -0.2) is 0 Å². The van der Waals surface area contributed by atoms with E-state index in [1.807, 2.05) is 26.1 Å². The van der Waals surface area contributed by atoms with Gasteiger partial charge in [0.15, 0.2) is 5.96 Å². The summed E-state index contributed by atoms with van der Waals surface area (Å²) in [6, 6.07) is 7.09. The molecule has 138 valence electrons. The summed E-state index contributed by atoms with van der Waals surface area (Å²) < 4.78 is 5.13. The number of amides is 1. The van der Waals surface area contributed by atoms with Crippen molar-refractivity contribution in [1.82, 2.24) is 15.5 Å². The summed E-state index contributed by atoms with van der Waals surface area (Å²) in [5, 5.41) is 6.14. The van der Waals surface area contributed by atoms with E-state index in [4.69, 9.17) is 4.74 Å². The molecule has 6 heteroatoms. The monoisotopic (exact) mass is 346 g/mol. The van der Waals surface area contributed by atoms with Crippen LogP contribution in [0.1, 0.15) is 30.1 Å². The number of rotatable bonds is 10. The molecule has 1 rings (SSSR count). The van der Waals surface area contributed by atoms with E-state index in [1.54, 1.807) is 25.3 Å². The van der Waals surface area contributed by atoms with E-state index >= 15 is 0 Å². The van der Waals surface area contributed by atoms with Crippen LogP contribution in [0.25, 0.3) is 0 Å². The van der Waals surface area contributed by atoms with E-state index in [0.717, 1.165) is 31.9 Å².